The number of anilines is 1. The third-order valence-corrected chi connectivity index (χ3v) is 6.13. The van der Waals surface area contributed by atoms with Crippen molar-refractivity contribution in [3.8, 4) is 5.75 Å². The van der Waals surface area contributed by atoms with Gasteiger partial charge in [0.05, 0.1) is 0 Å². The number of fused-ring (bicyclic) bond motifs is 1. The molecule has 8 nitrogen and oxygen atoms in total. The molecule has 3 rings (SSSR count). The molecule has 208 valence electrons. The van der Waals surface area contributed by atoms with Gasteiger partial charge < -0.3 is 25.4 Å². The van der Waals surface area contributed by atoms with Crippen LogP contribution in [0.2, 0.25) is 0 Å². The zero-order valence-corrected chi connectivity index (χ0v) is 23.5. The summed E-state index contributed by atoms with van der Waals surface area (Å²) in [7, 11) is 0. The van der Waals surface area contributed by atoms with Crippen molar-refractivity contribution < 1.29 is 24.2 Å². The number of para-hydroxylation sites is 1. The van der Waals surface area contributed by atoms with Crippen LogP contribution in [0.3, 0.4) is 0 Å². The number of likely N-dealkylation sites (N-methyl/N-ethyl adjacent to an activating group) is 1. The Morgan fingerprint density at radius 1 is 0.949 bits per heavy atom. The van der Waals surface area contributed by atoms with Crippen LogP contribution in [0.25, 0.3) is 10.8 Å². The van der Waals surface area contributed by atoms with E-state index < -0.39 is 35.6 Å². The van der Waals surface area contributed by atoms with Crippen molar-refractivity contribution in [2.75, 3.05) is 11.9 Å². The van der Waals surface area contributed by atoms with Crippen LogP contribution in [0.4, 0.5) is 10.5 Å². The van der Waals surface area contributed by atoms with E-state index in [9.17, 15) is 19.5 Å². The van der Waals surface area contributed by atoms with Crippen LogP contribution in [0, 0.1) is 5.92 Å². The van der Waals surface area contributed by atoms with Gasteiger partial charge in [-0.3, -0.25) is 9.59 Å². The molecule has 0 fully saturated rings. The lowest BCUT2D eigenvalue weighted by molar-refractivity contribution is -0.140. The number of aromatic hydroxyl groups is 1. The first-order valence-electron chi connectivity index (χ1n) is 13.3. The van der Waals surface area contributed by atoms with Gasteiger partial charge in [-0.15, -0.1) is 0 Å². The topological polar surface area (TPSA) is 108 Å². The third kappa shape index (κ3) is 7.96. The molecule has 0 aliphatic rings. The number of phenols is 1. The highest BCUT2D eigenvalue weighted by Crippen LogP contribution is 2.31. The molecule has 0 saturated heterocycles. The van der Waals surface area contributed by atoms with Gasteiger partial charge in [-0.05, 0) is 69.0 Å². The summed E-state index contributed by atoms with van der Waals surface area (Å²) in [6, 6.07) is 17.7. The minimum absolute atomic E-state index is 0.0718. The van der Waals surface area contributed by atoms with Crippen LogP contribution in [0.1, 0.15) is 59.6 Å². The number of nitrogens with zero attached hydrogens (tertiary/aromatic N) is 1. The minimum Gasteiger partial charge on any atom is -0.508 e. The standard InChI is InChI=1S/C31H39N3O5/c1-7-34(29(37)25(18-20(2)3)33-30(38)39-31(4,5)6)27(24-14-10-11-15-26(24)35)28(36)32-23-17-16-21-12-8-9-13-22(21)19-23/h8-17,19-20,25,27,35H,7,18H2,1-6H3,(H,32,36)(H,33,38). The second kappa shape index (κ2) is 12.7. The fourth-order valence-corrected chi connectivity index (χ4v) is 4.46. The molecule has 0 aromatic heterocycles. The zero-order valence-electron chi connectivity index (χ0n) is 23.5. The number of carbonyl (C=O) groups is 3. The van der Waals surface area contributed by atoms with Crippen LogP contribution >= 0.6 is 0 Å². The highest BCUT2D eigenvalue weighted by Gasteiger charge is 2.37. The molecule has 0 bridgehead atoms. The summed E-state index contributed by atoms with van der Waals surface area (Å²) in [5, 5.41) is 18.3. The Labute approximate surface area is 230 Å². The van der Waals surface area contributed by atoms with Crippen LogP contribution in [-0.4, -0.2) is 46.1 Å². The maximum atomic E-state index is 14.0. The Kier molecular flexibility index (Phi) is 9.56. The van der Waals surface area contributed by atoms with Gasteiger partial charge in [0.2, 0.25) is 5.91 Å². The number of benzene rings is 3. The van der Waals surface area contributed by atoms with E-state index in [1.807, 2.05) is 50.2 Å². The van der Waals surface area contributed by atoms with E-state index in [1.165, 1.54) is 11.0 Å². The molecule has 0 heterocycles. The van der Waals surface area contributed by atoms with Crippen molar-refractivity contribution in [2.24, 2.45) is 5.92 Å². The van der Waals surface area contributed by atoms with Gasteiger partial charge in [-0.25, -0.2) is 4.79 Å². The van der Waals surface area contributed by atoms with Crippen LogP contribution in [0.15, 0.2) is 66.7 Å². The Morgan fingerprint density at radius 2 is 1.59 bits per heavy atom. The number of ether oxygens (including phenoxy) is 1. The average Bonchev–Trinajstić information content (AvgIpc) is 2.85. The maximum absolute atomic E-state index is 14.0. The molecule has 0 aliphatic heterocycles. The first kappa shape index (κ1) is 29.5. The summed E-state index contributed by atoms with van der Waals surface area (Å²) in [6.07, 6.45) is -0.369. The Balaban J connectivity index is 1.97. The van der Waals surface area contributed by atoms with Crippen LogP contribution < -0.4 is 10.6 Å². The van der Waals surface area contributed by atoms with E-state index in [1.54, 1.807) is 52.0 Å². The smallest absolute Gasteiger partial charge is 0.408 e. The van der Waals surface area contributed by atoms with Crippen molar-refractivity contribution in [2.45, 2.75) is 65.6 Å². The summed E-state index contributed by atoms with van der Waals surface area (Å²) in [5.41, 5.74) is 0.109. The molecule has 3 aromatic carbocycles. The molecule has 2 atom stereocenters. The fraction of sp³-hybridized carbons (Fsp3) is 0.387. The van der Waals surface area contributed by atoms with E-state index in [-0.39, 0.29) is 23.8 Å². The molecule has 2 unspecified atom stereocenters. The number of nitrogens with one attached hydrogen (secondary N) is 2. The molecule has 8 heteroatoms. The predicted molar refractivity (Wildman–Crippen MR) is 153 cm³/mol. The van der Waals surface area contributed by atoms with Gasteiger partial charge in [-0.1, -0.05) is 62.4 Å². The number of alkyl carbamates (subject to hydrolysis) is 1. The number of phenolic OH excluding ortho intramolecular Hbond substituents is 1. The summed E-state index contributed by atoms with van der Waals surface area (Å²) < 4.78 is 5.40. The van der Waals surface area contributed by atoms with Gasteiger partial charge in [0.25, 0.3) is 5.91 Å². The van der Waals surface area contributed by atoms with E-state index in [4.69, 9.17) is 4.74 Å². The van der Waals surface area contributed by atoms with Gasteiger partial charge in [0.15, 0.2) is 0 Å². The molecular weight excluding hydrogens is 494 g/mol. The second-order valence-electron chi connectivity index (χ2n) is 11.0. The van der Waals surface area contributed by atoms with Crippen molar-refractivity contribution in [1.29, 1.82) is 0 Å². The van der Waals surface area contributed by atoms with Crippen LogP contribution in [-0.2, 0) is 14.3 Å². The zero-order chi connectivity index (χ0) is 28.7. The molecule has 3 N–H and O–H groups in total. The molecule has 0 spiro atoms. The monoisotopic (exact) mass is 533 g/mol. The van der Waals surface area contributed by atoms with Gasteiger partial charge in [0, 0.05) is 17.8 Å². The third-order valence-electron chi connectivity index (χ3n) is 6.13. The Bertz CT molecular complexity index is 1310. The molecule has 0 saturated carbocycles. The molecular formula is C31H39N3O5. The second-order valence-corrected chi connectivity index (χ2v) is 11.0. The Morgan fingerprint density at radius 3 is 2.21 bits per heavy atom. The molecule has 0 aliphatic carbocycles. The predicted octanol–water partition coefficient (Wildman–Crippen LogP) is 6.01. The maximum Gasteiger partial charge on any atom is 0.408 e. The molecule has 0 radical (unpaired) electrons. The van der Waals surface area contributed by atoms with E-state index in [0.717, 1.165) is 10.8 Å². The lowest BCUT2D eigenvalue weighted by Gasteiger charge is -2.34. The number of amides is 3. The average molecular weight is 534 g/mol. The van der Waals surface area contributed by atoms with E-state index in [2.05, 4.69) is 10.6 Å². The summed E-state index contributed by atoms with van der Waals surface area (Å²) in [5.74, 6) is -0.966. The summed E-state index contributed by atoms with van der Waals surface area (Å²) in [4.78, 5) is 41.8. The molecule has 3 aromatic rings. The van der Waals surface area contributed by atoms with Crippen molar-refractivity contribution in [3.63, 3.8) is 0 Å². The van der Waals surface area contributed by atoms with Crippen molar-refractivity contribution >= 4 is 34.4 Å². The highest BCUT2D eigenvalue weighted by molar-refractivity contribution is 6.00. The van der Waals surface area contributed by atoms with Crippen molar-refractivity contribution in [3.05, 3.63) is 72.3 Å². The van der Waals surface area contributed by atoms with Crippen molar-refractivity contribution in [1.82, 2.24) is 10.2 Å². The summed E-state index contributed by atoms with van der Waals surface area (Å²) in [6.45, 7) is 11.0. The number of rotatable bonds is 9. The lowest BCUT2D eigenvalue weighted by atomic mass is 9.98. The van der Waals surface area contributed by atoms with Gasteiger partial charge in [-0.2, -0.15) is 0 Å². The fourth-order valence-electron chi connectivity index (χ4n) is 4.46. The normalized spacial score (nSPS) is 13.0. The van der Waals surface area contributed by atoms with Gasteiger partial charge in [0.1, 0.15) is 23.4 Å². The largest absolute Gasteiger partial charge is 0.508 e. The SMILES string of the molecule is CCN(C(=O)C(CC(C)C)NC(=O)OC(C)(C)C)C(C(=O)Nc1ccc2ccccc2c1)c1ccccc1O. The number of hydrogen-bond donors (Lipinski definition) is 3. The molecule has 39 heavy (non-hydrogen) atoms. The van der Waals surface area contributed by atoms with Crippen LogP contribution in [0.5, 0.6) is 5.75 Å². The first-order valence-corrected chi connectivity index (χ1v) is 13.3. The van der Waals surface area contributed by atoms with E-state index in [0.29, 0.717) is 12.1 Å². The van der Waals surface area contributed by atoms with E-state index >= 15 is 0 Å². The quantitative estimate of drug-likeness (QED) is 0.312. The Hall–Kier alpha value is -4.07. The molecule has 3 amide bonds. The van der Waals surface area contributed by atoms with Gasteiger partial charge >= 0.3 is 6.09 Å². The lowest BCUT2D eigenvalue weighted by Crippen LogP contribution is -2.52. The first-order chi connectivity index (χ1) is 18.4. The summed E-state index contributed by atoms with van der Waals surface area (Å²) >= 11 is 0. The number of hydrogen-bond acceptors (Lipinski definition) is 5. The minimum atomic E-state index is -1.15. The number of carbonyl (C=O) groups excluding carboxylic acids is 3. The highest BCUT2D eigenvalue weighted by atomic mass is 16.6.